The fourth-order valence-electron chi connectivity index (χ4n) is 3.73. The van der Waals surface area contributed by atoms with Crippen molar-refractivity contribution in [3.63, 3.8) is 0 Å². The summed E-state index contributed by atoms with van der Waals surface area (Å²) in [5.41, 5.74) is 0.729. The number of aromatic nitrogens is 2. The second-order valence-electron chi connectivity index (χ2n) is 7.75. The van der Waals surface area contributed by atoms with Crippen LogP contribution in [0.4, 0.5) is 13.2 Å². The number of halogens is 3. The first-order valence-corrected chi connectivity index (χ1v) is 9.39. The SMILES string of the molecule is Cc1noc2nc(-c3cccc(C(F)(F)F)c3)cc(C(=O)N3CC(C)C(C)C3)c12. The van der Waals surface area contributed by atoms with Crippen LogP contribution in [0.25, 0.3) is 22.4 Å². The molecule has 0 N–H and O–H groups in total. The van der Waals surface area contributed by atoms with Gasteiger partial charge in [0.2, 0.25) is 0 Å². The van der Waals surface area contributed by atoms with Crippen molar-refractivity contribution in [2.24, 2.45) is 11.8 Å². The normalized spacial score (nSPS) is 19.9. The number of hydrogen-bond donors (Lipinski definition) is 0. The Labute approximate surface area is 165 Å². The summed E-state index contributed by atoms with van der Waals surface area (Å²) in [7, 11) is 0. The third-order valence-electron chi connectivity index (χ3n) is 5.61. The fraction of sp³-hybridized carbons (Fsp3) is 0.381. The zero-order valence-electron chi connectivity index (χ0n) is 16.2. The van der Waals surface area contributed by atoms with Crippen LogP contribution in [0.15, 0.2) is 34.9 Å². The molecule has 2 atom stereocenters. The number of hydrogen-bond acceptors (Lipinski definition) is 4. The van der Waals surface area contributed by atoms with E-state index >= 15 is 0 Å². The average molecular weight is 403 g/mol. The molecule has 5 nitrogen and oxygen atoms in total. The molecule has 0 aliphatic carbocycles. The summed E-state index contributed by atoms with van der Waals surface area (Å²) in [6.45, 7) is 7.17. The van der Waals surface area contributed by atoms with Crippen LogP contribution >= 0.6 is 0 Å². The molecule has 29 heavy (non-hydrogen) atoms. The Morgan fingerprint density at radius 1 is 1.17 bits per heavy atom. The molecule has 2 aromatic heterocycles. The summed E-state index contributed by atoms with van der Waals surface area (Å²) in [5, 5.41) is 4.40. The lowest BCUT2D eigenvalue weighted by molar-refractivity contribution is -0.137. The van der Waals surface area contributed by atoms with Gasteiger partial charge in [-0.05, 0) is 37.0 Å². The van der Waals surface area contributed by atoms with E-state index in [0.717, 1.165) is 12.1 Å². The van der Waals surface area contributed by atoms with Crippen LogP contribution in [0, 0.1) is 18.8 Å². The molecular weight excluding hydrogens is 383 g/mol. The largest absolute Gasteiger partial charge is 0.416 e. The second kappa shape index (κ2) is 6.86. The molecule has 0 radical (unpaired) electrons. The van der Waals surface area contributed by atoms with E-state index < -0.39 is 11.7 Å². The summed E-state index contributed by atoms with van der Waals surface area (Å²) >= 11 is 0. The van der Waals surface area contributed by atoms with Gasteiger partial charge < -0.3 is 9.42 Å². The number of carbonyl (C=O) groups excluding carboxylic acids is 1. The standard InChI is InChI=1S/C21H20F3N3O2/c1-11-9-27(10-12(11)2)20(28)16-8-17(25-19-18(16)13(3)26-29-19)14-5-4-6-15(7-14)21(22,23)24/h4-8,11-12H,9-10H2,1-3H3. The predicted octanol–water partition coefficient (Wildman–Crippen LogP) is 4.95. The maximum absolute atomic E-state index is 13.3. The van der Waals surface area contributed by atoms with Gasteiger partial charge in [-0.1, -0.05) is 31.1 Å². The molecular formula is C21H20F3N3O2. The third-order valence-corrected chi connectivity index (χ3v) is 5.61. The smallest absolute Gasteiger partial charge is 0.338 e. The molecule has 3 heterocycles. The van der Waals surface area contributed by atoms with Crippen molar-refractivity contribution in [3.05, 3.63) is 47.2 Å². The van der Waals surface area contributed by atoms with Crippen LogP contribution in [-0.2, 0) is 6.18 Å². The van der Waals surface area contributed by atoms with E-state index in [0.29, 0.717) is 41.6 Å². The van der Waals surface area contributed by atoms with Gasteiger partial charge >= 0.3 is 6.18 Å². The van der Waals surface area contributed by atoms with E-state index in [1.807, 2.05) is 0 Å². The maximum Gasteiger partial charge on any atom is 0.416 e. The Morgan fingerprint density at radius 3 is 2.52 bits per heavy atom. The Balaban J connectivity index is 1.83. The molecule has 0 spiro atoms. The highest BCUT2D eigenvalue weighted by Crippen LogP contribution is 2.34. The monoisotopic (exact) mass is 403 g/mol. The van der Waals surface area contributed by atoms with E-state index in [9.17, 15) is 18.0 Å². The van der Waals surface area contributed by atoms with Gasteiger partial charge in [-0.25, -0.2) is 4.98 Å². The van der Waals surface area contributed by atoms with E-state index in [1.54, 1.807) is 11.8 Å². The number of alkyl halides is 3. The molecule has 1 amide bonds. The summed E-state index contributed by atoms with van der Waals surface area (Å²) in [6.07, 6.45) is -4.47. The quantitative estimate of drug-likeness (QED) is 0.608. The van der Waals surface area contributed by atoms with E-state index in [1.165, 1.54) is 18.2 Å². The van der Waals surface area contributed by atoms with Crippen molar-refractivity contribution in [1.29, 1.82) is 0 Å². The minimum absolute atomic E-state index is 0.140. The molecule has 152 valence electrons. The Morgan fingerprint density at radius 2 is 1.86 bits per heavy atom. The van der Waals surface area contributed by atoms with Crippen molar-refractivity contribution in [1.82, 2.24) is 15.0 Å². The Kier molecular flexibility index (Phi) is 4.59. The first-order chi connectivity index (χ1) is 13.6. The summed E-state index contributed by atoms with van der Waals surface area (Å²) in [6, 6.07) is 6.41. The number of pyridine rings is 1. The van der Waals surface area contributed by atoms with Crippen LogP contribution in [0.2, 0.25) is 0 Å². The lowest BCUT2D eigenvalue weighted by atomic mass is 10.0. The van der Waals surface area contributed by atoms with Crippen molar-refractivity contribution in [3.8, 4) is 11.3 Å². The first kappa shape index (κ1) is 19.4. The summed E-state index contributed by atoms with van der Waals surface area (Å²) in [4.78, 5) is 19.4. The predicted molar refractivity (Wildman–Crippen MR) is 101 cm³/mol. The van der Waals surface area contributed by atoms with Crippen molar-refractivity contribution < 1.29 is 22.5 Å². The number of amides is 1. The molecule has 2 unspecified atom stereocenters. The second-order valence-corrected chi connectivity index (χ2v) is 7.75. The molecule has 0 bridgehead atoms. The van der Waals surface area contributed by atoms with Gasteiger partial charge in [-0.2, -0.15) is 13.2 Å². The third kappa shape index (κ3) is 3.47. The van der Waals surface area contributed by atoms with Crippen LogP contribution in [0.5, 0.6) is 0 Å². The van der Waals surface area contributed by atoms with Gasteiger partial charge in [-0.15, -0.1) is 0 Å². The summed E-state index contributed by atoms with van der Waals surface area (Å²) in [5.74, 6) is 0.568. The van der Waals surface area contributed by atoms with Gasteiger partial charge in [0.15, 0.2) is 0 Å². The lowest BCUT2D eigenvalue weighted by Crippen LogP contribution is -2.29. The van der Waals surface area contributed by atoms with Crippen molar-refractivity contribution in [2.75, 3.05) is 13.1 Å². The fourth-order valence-corrected chi connectivity index (χ4v) is 3.73. The number of likely N-dealkylation sites (tertiary alicyclic amines) is 1. The van der Waals surface area contributed by atoms with Crippen molar-refractivity contribution in [2.45, 2.75) is 26.9 Å². The van der Waals surface area contributed by atoms with Crippen LogP contribution in [-0.4, -0.2) is 34.0 Å². The minimum Gasteiger partial charge on any atom is -0.338 e. The van der Waals surface area contributed by atoms with Gasteiger partial charge in [0.1, 0.15) is 0 Å². The highest BCUT2D eigenvalue weighted by molar-refractivity contribution is 6.07. The number of benzene rings is 1. The molecule has 4 rings (SSSR count). The molecule has 8 heteroatoms. The molecule has 1 aliphatic rings. The molecule has 3 aromatic rings. The van der Waals surface area contributed by atoms with Gasteiger partial charge in [0.05, 0.1) is 27.9 Å². The number of rotatable bonds is 2. The van der Waals surface area contributed by atoms with Crippen molar-refractivity contribution >= 4 is 17.0 Å². The van der Waals surface area contributed by atoms with Crippen LogP contribution in [0.3, 0.4) is 0 Å². The Hall–Kier alpha value is -2.90. The number of aryl methyl sites for hydroxylation is 1. The van der Waals surface area contributed by atoms with E-state index in [2.05, 4.69) is 24.0 Å². The summed E-state index contributed by atoms with van der Waals surface area (Å²) < 4.78 is 44.6. The number of nitrogens with zero attached hydrogens (tertiary/aromatic N) is 3. The minimum atomic E-state index is -4.47. The average Bonchev–Trinajstić information content (AvgIpc) is 3.22. The van der Waals surface area contributed by atoms with Gasteiger partial charge in [0, 0.05) is 18.7 Å². The molecule has 1 saturated heterocycles. The number of carbonyl (C=O) groups is 1. The van der Waals surface area contributed by atoms with Crippen LogP contribution in [0.1, 0.15) is 35.5 Å². The zero-order valence-corrected chi connectivity index (χ0v) is 16.2. The highest BCUT2D eigenvalue weighted by Gasteiger charge is 2.33. The Bertz CT molecular complexity index is 1080. The number of fused-ring (bicyclic) bond motifs is 1. The zero-order chi connectivity index (χ0) is 20.9. The lowest BCUT2D eigenvalue weighted by Gasteiger charge is -2.17. The molecule has 1 fully saturated rings. The van der Waals surface area contributed by atoms with Crippen LogP contribution < -0.4 is 0 Å². The first-order valence-electron chi connectivity index (χ1n) is 9.39. The van der Waals surface area contributed by atoms with E-state index in [4.69, 9.17) is 4.52 Å². The topological polar surface area (TPSA) is 59.2 Å². The molecule has 0 saturated carbocycles. The molecule has 1 aliphatic heterocycles. The van der Waals surface area contributed by atoms with Gasteiger partial charge in [-0.3, -0.25) is 4.79 Å². The van der Waals surface area contributed by atoms with E-state index in [-0.39, 0.29) is 22.9 Å². The highest BCUT2D eigenvalue weighted by atomic mass is 19.4. The maximum atomic E-state index is 13.3. The van der Waals surface area contributed by atoms with Gasteiger partial charge in [0.25, 0.3) is 11.6 Å². The molecule has 1 aromatic carbocycles.